The number of anilines is 1. The summed E-state index contributed by atoms with van der Waals surface area (Å²) in [6, 6.07) is 6.32. The minimum Gasteiger partial charge on any atom is -0.465 e. The quantitative estimate of drug-likeness (QED) is 0.422. The van der Waals surface area contributed by atoms with Crippen molar-refractivity contribution < 1.29 is 18.7 Å². The zero-order valence-corrected chi connectivity index (χ0v) is 16.1. The molecule has 138 valence electrons. The van der Waals surface area contributed by atoms with Gasteiger partial charge in [0.1, 0.15) is 10.8 Å². The molecule has 1 aromatic heterocycles. The molecule has 26 heavy (non-hydrogen) atoms. The fourth-order valence-corrected chi connectivity index (χ4v) is 5.10. The summed E-state index contributed by atoms with van der Waals surface area (Å²) in [6.45, 7) is 0. The first-order valence-corrected chi connectivity index (χ1v) is 10.3. The van der Waals surface area contributed by atoms with Gasteiger partial charge in [0, 0.05) is 16.2 Å². The number of ether oxygens (including phenoxy) is 1. The third-order valence-corrected chi connectivity index (χ3v) is 6.50. The fraction of sp³-hybridized carbons (Fsp3) is 0.368. The molecule has 4 nitrogen and oxygen atoms in total. The van der Waals surface area contributed by atoms with Gasteiger partial charge in [0.25, 0.3) is 0 Å². The van der Waals surface area contributed by atoms with Crippen LogP contribution in [0.25, 0.3) is 0 Å². The number of esters is 1. The van der Waals surface area contributed by atoms with E-state index in [2.05, 4.69) is 5.32 Å². The van der Waals surface area contributed by atoms with E-state index in [9.17, 15) is 14.0 Å². The van der Waals surface area contributed by atoms with Gasteiger partial charge in [-0.15, -0.1) is 23.1 Å². The van der Waals surface area contributed by atoms with E-state index in [1.807, 2.05) is 0 Å². The standard InChI is InChI=1S/C19H20FNO3S2/c1-24-19(23)17-14-4-2-5-15(14)26-18(17)21-16(22)6-3-11-25-13-9-7-12(20)8-10-13/h7-10H,2-6,11H2,1H3,(H,21,22). The molecule has 0 aliphatic heterocycles. The van der Waals surface area contributed by atoms with Crippen LogP contribution in [0.5, 0.6) is 0 Å². The van der Waals surface area contributed by atoms with E-state index in [0.717, 1.165) is 35.5 Å². The SMILES string of the molecule is COC(=O)c1c(NC(=O)CCCSc2ccc(F)cc2)sc2c1CCC2. The highest BCUT2D eigenvalue weighted by Gasteiger charge is 2.27. The maximum absolute atomic E-state index is 12.9. The molecule has 0 radical (unpaired) electrons. The molecule has 0 atom stereocenters. The number of rotatable bonds is 7. The third kappa shape index (κ3) is 4.45. The Morgan fingerprint density at radius 1 is 1.27 bits per heavy atom. The van der Waals surface area contributed by atoms with Crippen LogP contribution in [0.15, 0.2) is 29.2 Å². The summed E-state index contributed by atoms with van der Waals surface area (Å²) in [5.41, 5.74) is 1.56. The third-order valence-electron chi connectivity index (χ3n) is 4.19. The molecule has 2 aromatic rings. The molecule has 0 bridgehead atoms. The van der Waals surface area contributed by atoms with Gasteiger partial charge in [-0.05, 0) is 61.3 Å². The molecule has 0 saturated heterocycles. The largest absolute Gasteiger partial charge is 0.465 e. The lowest BCUT2D eigenvalue weighted by molar-refractivity contribution is -0.116. The van der Waals surface area contributed by atoms with Crippen molar-refractivity contribution in [3.05, 3.63) is 46.1 Å². The number of hydrogen-bond donors (Lipinski definition) is 1. The van der Waals surface area contributed by atoms with Crippen molar-refractivity contribution in [3.8, 4) is 0 Å². The fourth-order valence-electron chi connectivity index (χ4n) is 2.95. The number of amides is 1. The normalized spacial score (nSPS) is 12.7. The summed E-state index contributed by atoms with van der Waals surface area (Å²) in [4.78, 5) is 26.5. The van der Waals surface area contributed by atoms with Gasteiger partial charge in [-0.25, -0.2) is 9.18 Å². The van der Waals surface area contributed by atoms with E-state index in [1.54, 1.807) is 23.9 Å². The highest BCUT2D eigenvalue weighted by atomic mass is 32.2. The molecule has 1 heterocycles. The topological polar surface area (TPSA) is 55.4 Å². The lowest BCUT2D eigenvalue weighted by Gasteiger charge is -2.07. The molecule has 7 heteroatoms. The number of methoxy groups -OCH3 is 1. The summed E-state index contributed by atoms with van der Waals surface area (Å²) in [5.74, 6) is 0.0310. The first-order chi connectivity index (χ1) is 12.6. The van der Waals surface area contributed by atoms with Crippen molar-refractivity contribution in [1.82, 2.24) is 0 Å². The minimum absolute atomic E-state index is 0.102. The zero-order chi connectivity index (χ0) is 18.5. The van der Waals surface area contributed by atoms with Gasteiger partial charge in [0.05, 0.1) is 12.7 Å². The van der Waals surface area contributed by atoms with Crippen LogP contribution in [0.3, 0.4) is 0 Å². The molecular formula is C19H20FNO3S2. The summed E-state index contributed by atoms with van der Waals surface area (Å²) < 4.78 is 17.8. The Morgan fingerprint density at radius 3 is 2.77 bits per heavy atom. The molecule has 1 amide bonds. The number of carbonyl (C=O) groups excluding carboxylic acids is 2. The van der Waals surface area contributed by atoms with Crippen molar-refractivity contribution in [2.75, 3.05) is 18.2 Å². The highest BCUT2D eigenvalue weighted by molar-refractivity contribution is 7.99. The predicted molar refractivity (Wildman–Crippen MR) is 103 cm³/mol. The van der Waals surface area contributed by atoms with E-state index in [0.29, 0.717) is 23.4 Å². The van der Waals surface area contributed by atoms with Crippen LogP contribution in [-0.4, -0.2) is 24.7 Å². The van der Waals surface area contributed by atoms with Crippen molar-refractivity contribution in [2.45, 2.75) is 37.0 Å². The lowest BCUT2D eigenvalue weighted by atomic mass is 10.1. The number of aryl methyl sites for hydroxylation is 1. The van der Waals surface area contributed by atoms with Crippen molar-refractivity contribution in [2.24, 2.45) is 0 Å². The second kappa shape index (κ2) is 8.68. The van der Waals surface area contributed by atoms with E-state index in [-0.39, 0.29) is 17.7 Å². The van der Waals surface area contributed by atoms with E-state index >= 15 is 0 Å². The number of thiophene rings is 1. The minimum atomic E-state index is -0.383. The number of fused-ring (bicyclic) bond motifs is 1. The molecule has 1 aliphatic carbocycles. The van der Waals surface area contributed by atoms with Crippen LogP contribution in [0.4, 0.5) is 9.39 Å². The second-order valence-electron chi connectivity index (χ2n) is 6.01. The molecule has 0 fully saturated rings. The number of nitrogens with one attached hydrogen (secondary N) is 1. The molecule has 3 rings (SSSR count). The maximum atomic E-state index is 12.9. The van der Waals surface area contributed by atoms with Crippen LogP contribution in [0.1, 0.15) is 40.1 Å². The van der Waals surface area contributed by atoms with E-state index in [1.165, 1.54) is 35.5 Å². The Morgan fingerprint density at radius 2 is 2.04 bits per heavy atom. The van der Waals surface area contributed by atoms with Gasteiger partial charge in [0.15, 0.2) is 0 Å². The summed E-state index contributed by atoms with van der Waals surface area (Å²) in [6.07, 6.45) is 3.93. The Bertz CT molecular complexity index is 802. The lowest BCUT2D eigenvalue weighted by Crippen LogP contribution is -2.14. The average Bonchev–Trinajstić information content (AvgIpc) is 3.20. The summed E-state index contributed by atoms with van der Waals surface area (Å²) >= 11 is 3.07. The number of hydrogen-bond acceptors (Lipinski definition) is 5. The van der Waals surface area contributed by atoms with Crippen LogP contribution >= 0.6 is 23.1 Å². The highest BCUT2D eigenvalue weighted by Crippen LogP contribution is 2.39. The zero-order valence-electron chi connectivity index (χ0n) is 14.5. The van der Waals surface area contributed by atoms with Crippen LogP contribution in [0.2, 0.25) is 0 Å². The van der Waals surface area contributed by atoms with Gasteiger partial charge in [-0.2, -0.15) is 0 Å². The molecule has 0 saturated carbocycles. The van der Waals surface area contributed by atoms with Gasteiger partial charge in [-0.1, -0.05) is 0 Å². The molecule has 0 spiro atoms. The van der Waals surface area contributed by atoms with Crippen LogP contribution < -0.4 is 5.32 Å². The summed E-state index contributed by atoms with van der Waals surface area (Å²) in [5, 5.41) is 3.49. The predicted octanol–water partition coefficient (Wildman–Crippen LogP) is 4.67. The summed E-state index contributed by atoms with van der Waals surface area (Å²) in [7, 11) is 1.36. The Hall–Kier alpha value is -1.86. The maximum Gasteiger partial charge on any atom is 0.341 e. The molecule has 1 N–H and O–H groups in total. The van der Waals surface area contributed by atoms with Crippen molar-refractivity contribution in [1.29, 1.82) is 0 Å². The van der Waals surface area contributed by atoms with Gasteiger partial charge >= 0.3 is 5.97 Å². The first-order valence-electron chi connectivity index (χ1n) is 8.49. The molecule has 1 aromatic carbocycles. The van der Waals surface area contributed by atoms with E-state index in [4.69, 9.17) is 4.74 Å². The van der Waals surface area contributed by atoms with Crippen LogP contribution in [0, 0.1) is 5.82 Å². The number of carbonyl (C=O) groups is 2. The molecule has 1 aliphatic rings. The number of thioether (sulfide) groups is 1. The molecule has 0 unspecified atom stereocenters. The Balaban J connectivity index is 1.52. The van der Waals surface area contributed by atoms with Gasteiger partial charge in [-0.3, -0.25) is 4.79 Å². The second-order valence-corrected chi connectivity index (χ2v) is 8.28. The van der Waals surface area contributed by atoms with Crippen molar-refractivity contribution >= 4 is 40.0 Å². The van der Waals surface area contributed by atoms with Gasteiger partial charge in [0.2, 0.25) is 5.91 Å². The Kier molecular flexibility index (Phi) is 6.32. The van der Waals surface area contributed by atoms with Gasteiger partial charge < -0.3 is 10.1 Å². The van der Waals surface area contributed by atoms with Crippen molar-refractivity contribution in [3.63, 3.8) is 0 Å². The first kappa shape index (κ1) is 18.9. The van der Waals surface area contributed by atoms with E-state index < -0.39 is 0 Å². The monoisotopic (exact) mass is 393 g/mol. The smallest absolute Gasteiger partial charge is 0.341 e. The average molecular weight is 394 g/mol. The molecular weight excluding hydrogens is 373 g/mol. The van der Waals surface area contributed by atoms with Crippen LogP contribution in [-0.2, 0) is 22.4 Å². The number of halogens is 1. The number of benzene rings is 1. The Labute approximate surface area is 160 Å².